The van der Waals surface area contributed by atoms with Gasteiger partial charge in [-0.25, -0.2) is 4.79 Å². The number of ether oxygens (including phenoxy) is 6. The van der Waals surface area contributed by atoms with Crippen LogP contribution in [-0.2, 0) is 42.8 Å². The van der Waals surface area contributed by atoms with E-state index in [2.05, 4.69) is 36.6 Å². The molecule has 0 aromatic rings. The van der Waals surface area contributed by atoms with E-state index in [1.165, 1.54) is 257 Å². The SMILES string of the molecule is CCCCCCCCCCCCCCC/C=C/C(O)C(COC1OC(CO)C(OC2OC(CO)C(O)C(OC3(C(=O)O)CC(O)C(NC(C)=O)C(C(O)C(O)CO)O3)C2O)C(O)C1O)NC(=O)CCCCCCCCCCCCCCCCCCC/C=C\CCCCCCCCCCCCCCCCCC. The molecule has 0 spiro atoms. The molecule has 3 aliphatic heterocycles. The number of unbranched alkanes of at least 4 members (excludes halogenated alkanes) is 46. The van der Waals surface area contributed by atoms with Gasteiger partial charge in [0.15, 0.2) is 12.6 Å². The fourth-order valence-corrected chi connectivity index (χ4v) is 14.9. The van der Waals surface area contributed by atoms with E-state index in [4.69, 9.17) is 28.4 Å². The van der Waals surface area contributed by atoms with Gasteiger partial charge < -0.3 is 100 Å². The molecule has 3 aliphatic rings. The van der Waals surface area contributed by atoms with Crippen LogP contribution in [0.2, 0.25) is 0 Å². The van der Waals surface area contributed by atoms with Crippen LogP contribution in [0.3, 0.4) is 0 Å². The van der Waals surface area contributed by atoms with Gasteiger partial charge in [-0.05, 0) is 44.9 Å². The minimum absolute atomic E-state index is 0.203. The number of carbonyl (C=O) groups excluding carboxylic acids is 2. The van der Waals surface area contributed by atoms with Crippen LogP contribution in [0, 0.1) is 0 Å². The summed E-state index contributed by atoms with van der Waals surface area (Å²) in [5, 5.41) is 136. The summed E-state index contributed by atoms with van der Waals surface area (Å²) in [5.41, 5.74) is 0. The molecule has 2 amide bonds. The molecule has 3 fully saturated rings. The van der Waals surface area contributed by atoms with Gasteiger partial charge >= 0.3 is 5.97 Å². The highest BCUT2D eigenvalue weighted by atomic mass is 16.8. The molecule has 3 heterocycles. The van der Waals surface area contributed by atoms with Crippen molar-refractivity contribution in [2.45, 2.75) is 458 Å². The van der Waals surface area contributed by atoms with Crippen LogP contribution in [0.25, 0.3) is 0 Å². The predicted molar refractivity (Wildman–Crippen MR) is 412 cm³/mol. The van der Waals surface area contributed by atoms with Crippen molar-refractivity contribution < 1.29 is 104 Å². The third kappa shape index (κ3) is 41.1. The standard InChI is InChI=1S/C83H154N2O21/c1-4-6-8-10-12-14-16-18-20-21-22-23-24-25-26-27-28-29-30-31-32-33-34-35-36-37-38-39-40-41-43-45-47-49-51-53-55-57-70(93)85-64(65(90)56-54-52-50-48-46-44-42-19-17-15-13-11-9-7-5-2)62-101-80-75(97)74(96)77(69(61-88)103-80)104-81-76(98)79(73(95)68(60-87)102-81)106-83(82(99)100)58-66(91)71(84-63(3)89)78(105-83)72(94)67(92)59-86/h29-30,54,56,64-69,71-81,86-88,90-92,94-98H,4-28,31-53,55,57-62H2,1-3H3,(H,84,89)(H,85,93)(H,99,100)/b30-29-,56-54+. The Morgan fingerprint density at radius 2 is 0.887 bits per heavy atom. The van der Waals surface area contributed by atoms with Crippen molar-refractivity contribution in [3.05, 3.63) is 24.3 Å². The molecule has 23 heteroatoms. The summed E-state index contributed by atoms with van der Waals surface area (Å²) in [5.74, 6) is -6.13. The number of carboxylic acids is 1. The highest BCUT2D eigenvalue weighted by molar-refractivity contribution is 5.77. The number of nitrogens with one attached hydrogen (secondary N) is 2. The lowest BCUT2D eigenvalue weighted by Gasteiger charge is -2.50. The summed E-state index contributed by atoms with van der Waals surface area (Å²) in [7, 11) is 0. The first-order chi connectivity index (χ1) is 51.4. The Bertz CT molecular complexity index is 2200. The smallest absolute Gasteiger partial charge is 0.364 e. The van der Waals surface area contributed by atoms with Crippen molar-refractivity contribution in [3.8, 4) is 0 Å². The maximum atomic E-state index is 13.5. The zero-order chi connectivity index (χ0) is 77.4. The lowest BCUT2D eigenvalue weighted by Crippen LogP contribution is -2.70. The number of aliphatic hydroxyl groups is 11. The molecule has 0 aromatic carbocycles. The van der Waals surface area contributed by atoms with E-state index in [1.807, 2.05) is 6.08 Å². The van der Waals surface area contributed by atoms with Crippen LogP contribution in [0.1, 0.15) is 348 Å². The lowest BCUT2D eigenvalue weighted by atomic mass is 9.88. The van der Waals surface area contributed by atoms with Gasteiger partial charge in [0, 0.05) is 19.8 Å². The Kier molecular flexibility index (Phi) is 56.7. The first-order valence-electron chi connectivity index (χ1n) is 42.7. The summed E-state index contributed by atoms with van der Waals surface area (Å²) in [6, 6.07) is -2.62. The van der Waals surface area contributed by atoms with Crippen molar-refractivity contribution in [2.75, 3.05) is 26.4 Å². The number of hydrogen-bond acceptors (Lipinski definition) is 20. The van der Waals surface area contributed by atoms with Crippen LogP contribution in [0.15, 0.2) is 24.3 Å². The number of hydrogen-bond donors (Lipinski definition) is 14. The number of aliphatic carboxylic acids is 1. The Hall–Kier alpha value is -2.79. The second-order valence-electron chi connectivity index (χ2n) is 31.0. The van der Waals surface area contributed by atoms with Crippen molar-refractivity contribution in [3.63, 3.8) is 0 Å². The van der Waals surface area contributed by atoms with E-state index in [-0.39, 0.29) is 12.3 Å². The van der Waals surface area contributed by atoms with Gasteiger partial charge in [0.05, 0.1) is 50.7 Å². The normalized spacial score (nSPS) is 26.2. The molecule has 0 saturated carbocycles. The first-order valence-corrected chi connectivity index (χ1v) is 42.7. The van der Waals surface area contributed by atoms with Crippen molar-refractivity contribution in [2.24, 2.45) is 0 Å². The highest BCUT2D eigenvalue weighted by Crippen LogP contribution is 2.39. The van der Waals surface area contributed by atoms with Crippen LogP contribution >= 0.6 is 0 Å². The molecule has 106 heavy (non-hydrogen) atoms. The van der Waals surface area contributed by atoms with Crippen molar-refractivity contribution in [1.82, 2.24) is 10.6 Å². The molecule has 3 rings (SSSR count). The minimum Gasteiger partial charge on any atom is -0.477 e. The fourth-order valence-electron chi connectivity index (χ4n) is 14.9. The minimum atomic E-state index is -3.08. The second kappa shape index (κ2) is 61.8. The zero-order valence-electron chi connectivity index (χ0n) is 66.1. The number of amides is 2. The van der Waals surface area contributed by atoms with Gasteiger partial charge in [-0.3, -0.25) is 9.59 Å². The third-order valence-electron chi connectivity index (χ3n) is 21.6. The summed E-state index contributed by atoms with van der Waals surface area (Å²) in [6.45, 7) is 2.18. The number of carbonyl (C=O) groups is 3. The summed E-state index contributed by atoms with van der Waals surface area (Å²) < 4.78 is 34.9. The van der Waals surface area contributed by atoms with E-state index >= 15 is 0 Å². The van der Waals surface area contributed by atoms with E-state index in [1.54, 1.807) is 6.08 Å². The Balaban J connectivity index is 1.41. The van der Waals surface area contributed by atoms with Gasteiger partial charge in [0.25, 0.3) is 5.79 Å². The molecular formula is C83H154N2O21. The van der Waals surface area contributed by atoms with Gasteiger partial charge in [-0.1, -0.05) is 308 Å². The molecule has 18 atom stereocenters. The average molecular weight is 1520 g/mol. The van der Waals surface area contributed by atoms with Gasteiger partial charge in [-0.2, -0.15) is 0 Å². The second-order valence-corrected chi connectivity index (χ2v) is 31.0. The Morgan fingerprint density at radius 3 is 1.28 bits per heavy atom. The summed E-state index contributed by atoms with van der Waals surface area (Å²) >= 11 is 0. The molecule has 0 aliphatic carbocycles. The van der Waals surface area contributed by atoms with Gasteiger partial charge in [-0.15, -0.1) is 0 Å². The molecule has 14 N–H and O–H groups in total. The molecule has 3 saturated heterocycles. The van der Waals surface area contributed by atoms with Crippen molar-refractivity contribution in [1.29, 1.82) is 0 Å². The highest BCUT2D eigenvalue weighted by Gasteiger charge is 2.60. The first kappa shape index (κ1) is 97.4. The maximum Gasteiger partial charge on any atom is 0.364 e. The van der Waals surface area contributed by atoms with E-state index in [9.17, 15) is 75.7 Å². The van der Waals surface area contributed by atoms with Crippen LogP contribution < -0.4 is 10.6 Å². The molecule has 622 valence electrons. The largest absolute Gasteiger partial charge is 0.477 e. The Morgan fingerprint density at radius 1 is 0.491 bits per heavy atom. The van der Waals surface area contributed by atoms with Gasteiger partial charge in [0.2, 0.25) is 11.8 Å². The average Bonchev–Trinajstić information content (AvgIpc) is 0.754. The molecule has 18 unspecified atom stereocenters. The van der Waals surface area contributed by atoms with Crippen LogP contribution in [0.4, 0.5) is 0 Å². The third-order valence-corrected chi connectivity index (χ3v) is 21.6. The lowest BCUT2D eigenvalue weighted by molar-refractivity contribution is -0.386. The number of aliphatic hydroxyl groups excluding tert-OH is 11. The van der Waals surface area contributed by atoms with Crippen LogP contribution in [0.5, 0.6) is 0 Å². The summed E-state index contributed by atoms with van der Waals surface area (Å²) in [4.78, 5) is 38.7. The molecular weight excluding hydrogens is 1360 g/mol. The van der Waals surface area contributed by atoms with E-state index < -0.39 is 155 Å². The van der Waals surface area contributed by atoms with Crippen molar-refractivity contribution >= 4 is 17.8 Å². The number of allylic oxidation sites excluding steroid dienone is 3. The topological polar surface area (TPSA) is 373 Å². The monoisotopic (exact) mass is 1520 g/mol. The number of carboxylic acid groups (broad SMARTS) is 1. The summed E-state index contributed by atoms with van der Waals surface area (Å²) in [6.07, 6.45) is 41.1. The molecule has 0 radical (unpaired) electrons. The maximum absolute atomic E-state index is 13.5. The van der Waals surface area contributed by atoms with Crippen LogP contribution in [-0.4, -0.2) is 215 Å². The Labute approximate surface area is 638 Å². The predicted octanol–water partition coefficient (Wildman–Crippen LogP) is 12.3. The van der Waals surface area contributed by atoms with E-state index in [0.29, 0.717) is 12.8 Å². The molecule has 0 bridgehead atoms. The van der Waals surface area contributed by atoms with Gasteiger partial charge in [0.1, 0.15) is 67.1 Å². The number of rotatable bonds is 68. The van der Waals surface area contributed by atoms with E-state index in [0.717, 1.165) is 51.9 Å². The zero-order valence-corrected chi connectivity index (χ0v) is 66.1. The fraction of sp³-hybridized carbons (Fsp3) is 0.916. The molecule has 0 aromatic heterocycles. The quantitative estimate of drug-likeness (QED) is 0.0199. The molecule has 23 nitrogen and oxygen atoms in total.